The molecule has 1 saturated heterocycles. The molecule has 1 aromatic carbocycles. The molecule has 1 spiro atoms. The second kappa shape index (κ2) is 3.91. The van der Waals surface area contributed by atoms with Crippen LogP contribution in [0, 0.1) is 11.6 Å². The number of hydrogen-bond donors (Lipinski definition) is 2. The molecule has 96 valence electrons. The van der Waals surface area contributed by atoms with E-state index in [0.29, 0.717) is 31.6 Å². The van der Waals surface area contributed by atoms with Crippen LogP contribution in [-0.4, -0.2) is 19.2 Å². The van der Waals surface area contributed by atoms with Crippen molar-refractivity contribution in [1.29, 1.82) is 0 Å². The lowest BCUT2D eigenvalue weighted by atomic mass is 9.82. The minimum Gasteiger partial charge on any atom is -0.437 e. The fourth-order valence-corrected chi connectivity index (χ4v) is 2.65. The third-order valence-electron chi connectivity index (χ3n) is 3.49. The Balaban J connectivity index is 2.18. The molecule has 0 atom stereocenters. The standard InChI is InChI=1S/C12H12F2N2O2/c13-7-1-2-8-9(10(7)14)12(18-11(17)16-8)3-5-15-6-4-12/h1-2,15H,3-6H2,(H,16,17). The molecule has 0 bridgehead atoms. The monoisotopic (exact) mass is 254 g/mol. The topological polar surface area (TPSA) is 50.4 Å². The van der Waals surface area contributed by atoms with Crippen molar-refractivity contribution in [2.75, 3.05) is 18.4 Å². The number of carbonyl (C=O) groups excluding carboxylic acids is 1. The minimum atomic E-state index is -1.05. The molecule has 1 aromatic rings. The predicted octanol–water partition coefficient (Wildman–Crippen LogP) is 2.11. The number of fused-ring (bicyclic) bond motifs is 2. The van der Waals surface area contributed by atoms with E-state index in [1.165, 1.54) is 6.07 Å². The summed E-state index contributed by atoms with van der Waals surface area (Å²) in [7, 11) is 0. The maximum absolute atomic E-state index is 14.0. The van der Waals surface area contributed by atoms with E-state index >= 15 is 0 Å². The molecule has 0 aliphatic carbocycles. The smallest absolute Gasteiger partial charge is 0.412 e. The molecule has 1 amide bonds. The highest BCUT2D eigenvalue weighted by Crippen LogP contribution is 2.43. The zero-order chi connectivity index (χ0) is 12.8. The molecule has 2 N–H and O–H groups in total. The molecule has 6 heteroatoms. The quantitative estimate of drug-likeness (QED) is 0.745. The van der Waals surface area contributed by atoms with Gasteiger partial charge in [-0.3, -0.25) is 5.32 Å². The van der Waals surface area contributed by atoms with Crippen LogP contribution in [0.1, 0.15) is 18.4 Å². The first-order valence-corrected chi connectivity index (χ1v) is 5.82. The van der Waals surface area contributed by atoms with Gasteiger partial charge in [0.1, 0.15) is 5.60 Å². The van der Waals surface area contributed by atoms with Gasteiger partial charge in [0.05, 0.1) is 11.3 Å². The Bertz CT molecular complexity index is 513. The summed E-state index contributed by atoms with van der Waals surface area (Å²) in [6.45, 7) is 1.20. The van der Waals surface area contributed by atoms with Gasteiger partial charge < -0.3 is 10.1 Å². The van der Waals surface area contributed by atoms with Gasteiger partial charge in [-0.2, -0.15) is 0 Å². The molecular weight excluding hydrogens is 242 g/mol. The van der Waals surface area contributed by atoms with E-state index in [1.54, 1.807) is 0 Å². The van der Waals surface area contributed by atoms with E-state index in [4.69, 9.17) is 4.74 Å². The Morgan fingerprint density at radius 2 is 1.94 bits per heavy atom. The molecule has 2 aliphatic heterocycles. The van der Waals surface area contributed by atoms with E-state index < -0.39 is 23.3 Å². The van der Waals surface area contributed by atoms with Crippen molar-refractivity contribution in [2.45, 2.75) is 18.4 Å². The molecule has 18 heavy (non-hydrogen) atoms. The van der Waals surface area contributed by atoms with Gasteiger partial charge in [-0.05, 0) is 25.2 Å². The molecule has 1 fully saturated rings. The second-order valence-corrected chi connectivity index (χ2v) is 4.54. The van der Waals surface area contributed by atoms with Crippen molar-refractivity contribution in [3.05, 3.63) is 29.3 Å². The summed E-state index contributed by atoms with van der Waals surface area (Å²) < 4.78 is 32.7. The molecule has 0 saturated carbocycles. The summed E-state index contributed by atoms with van der Waals surface area (Å²) in [4.78, 5) is 11.5. The van der Waals surface area contributed by atoms with Crippen LogP contribution in [0.5, 0.6) is 0 Å². The summed E-state index contributed by atoms with van der Waals surface area (Å²) in [5.41, 5.74) is -0.620. The lowest BCUT2D eigenvalue weighted by molar-refractivity contribution is -0.0157. The Kier molecular flexibility index (Phi) is 2.48. The first-order valence-electron chi connectivity index (χ1n) is 5.82. The Labute approximate surface area is 102 Å². The van der Waals surface area contributed by atoms with Crippen LogP contribution in [0.15, 0.2) is 12.1 Å². The minimum absolute atomic E-state index is 0.128. The molecule has 2 heterocycles. The van der Waals surface area contributed by atoms with E-state index in [-0.39, 0.29) is 5.56 Å². The highest BCUT2D eigenvalue weighted by molar-refractivity contribution is 5.89. The van der Waals surface area contributed by atoms with Crippen LogP contribution < -0.4 is 10.6 Å². The summed E-state index contributed by atoms with van der Waals surface area (Å²) in [6.07, 6.45) is 0.261. The average molecular weight is 254 g/mol. The van der Waals surface area contributed by atoms with Gasteiger partial charge in [-0.15, -0.1) is 0 Å². The number of nitrogens with one attached hydrogen (secondary N) is 2. The van der Waals surface area contributed by atoms with Gasteiger partial charge in [0.15, 0.2) is 11.6 Å². The molecule has 0 unspecified atom stereocenters. The summed E-state index contributed by atoms with van der Waals surface area (Å²) in [5, 5.41) is 5.52. The maximum atomic E-state index is 14.0. The first kappa shape index (κ1) is 11.4. The van der Waals surface area contributed by atoms with Crippen molar-refractivity contribution in [3.8, 4) is 0 Å². The van der Waals surface area contributed by atoms with E-state index in [0.717, 1.165) is 6.07 Å². The van der Waals surface area contributed by atoms with Crippen LogP contribution in [0.2, 0.25) is 0 Å². The average Bonchev–Trinajstić information content (AvgIpc) is 2.34. The number of piperidine rings is 1. The van der Waals surface area contributed by atoms with Crippen LogP contribution in [0.3, 0.4) is 0 Å². The molecule has 4 nitrogen and oxygen atoms in total. The lowest BCUT2D eigenvalue weighted by Crippen LogP contribution is -2.47. The SMILES string of the molecule is O=C1Nc2ccc(F)c(F)c2C2(CCNCC2)O1. The van der Waals surface area contributed by atoms with Crippen LogP contribution >= 0.6 is 0 Å². The molecule has 3 rings (SSSR count). The number of rotatable bonds is 0. The Morgan fingerprint density at radius 1 is 1.22 bits per heavy atom. The van der Waals surface area contributed by atoms with Crippen LogP contribution in [-0.2, 0) is 10.3 Å². The number of anilines is 1. The molecule has 2 aliphatic rings. The van der Waals surface area contributed by atoms with E-state index in [1.807, 2.05) is 0 Å². The van der Waals surface area contributed by atoms with Crippen LogP contribution in [0.4, 0.5) is 19.3 Å². The van der Waals surface area contributed by atoms with Gasteiger partial charge in [0.2, 0.25) is 0 Å². The number of ether oxygens (including phenoxy) is 1. The summed E-state index contributed by atoms with van der Waals surface area (Å²) >= 11 is 0. The molecule has 0 aromatic heterocycles. The highest BCUT2D eigenvalue weighted by Gasteiger charge is 2.45. The van der Waals surface area contributed by atoms with Gasteiger partial charge in [-0.25, -0.2) is 13.6 Å². The summed E-state index contributed by atoms with van der Waals surface area (Å²) in [5.74, 6) is -1.86. The fourth-order valence-electron chi connectivity index (χ4n) is 2.65. The third-order valence-corrected chi connectivity index (χ3v) is 3.49. The number of carbonyl (C=O) groups is 1. The van der Waals surface area contributed by atoms with E-state index in [9.17, 15) is 13.6 Å². The lowest BCUT2D eigenvalue weighted by Gasteiger charge is -2.41. The Hall–Kier alpha value is -1.69. The second-order valence-electron chi connectivity index (χ2n) is 4.54. The van der Waals surface area contributed by atoms with Gasteiger partial charge in [0, 0.05) is 12.8 Å². The number of hydrogen-bond acceptors (Lipinski definition) is 3. The van der Waals surface area contributed by atoms with Crippen molar-refractivity contribution in [3.63, 3.8) is 0 Å². The van der Waals surface area contributed by atoms with Crippen molar-refractivity contribution in [2.24, 2.45) is 0 Å². The van der Waals surface area contributed by atoms with Gasteiger partial charge in [0.25, 0.3) is 0 Å². The van der Waals surface area contributed by atoms with Crippen LogP contribution in [0.25, 0.3) is 0 Å². The highest BCUT2D eigenvalue weighted by atomic mass is 19.2. The van der Waals surface area contributed by atoms with Gasteiger partial charge in [-0.1, -0.05) is 0 Å². The number of amides is 1. The Morgan fingerprint density at radius 3 is 2.67 bits per heavy atom. The largest absolute Gasteiger partial charge is 0.437 e. The number of halogens is 2. The zero-order valence-corrected chi connectivity index (χ0v) is 9.56. The van der Waals surface area contributed by atoms with Crippen molar-refractivity contribution >= 4 is 11.8 Å². The maximum Gasteiger partial charge on any atom is 0.412 e. The summed E-state index contributed by atoms with van der Waals surface area (Å²) in [6, 6.07) is 2.38. The number of benzene rings is 1. The van der Waals surface area contributed by atoms with Crippen molar-refractivity contribution in [1.82, 2.24) is 5.32 Å². The third kappa shape index (κ3) is 1.56. The zero-order valence-electron chi connectivity index (χ0n) is 9.56. The normalized spacial score (nSPS) is 21.1. The predicted molar refractivity (Wildman–Crippen MR) is 60.2 cm³/mol. The van der Waals surface area contributed by atoms with Crippen molar-refractivity contribution < 1.29 is 18.3 Å². The molecule has 0 radical (unpaired) electrons. The molecular formula is C12H12F2N2O2. The fraction of sp³-hybridized carbons (Fsp3) is 0.417. The van der Waals surface area contributed by atoms with Gasteiger partial charge >= 0.3 is 6.09 Å². The first-order chi connectivity index (χ1) is 8.62. The van der Waals surface area contributed by atoms with E-state index in [2.05, 4.69) is 10.6 Å².